The van der Waals surface area contributed by atoms with Crippen molar-refractivity contribution in [3.05, 3.63) is 29.3 Å². The summed E-state index contributed by atoms with van der Waals surface area (Å²) in [5.74, 6) is -0.392. The molecule has 0 bridgehead atoms. The van der Waals surface area contributed by atoms with Crippen molar-refractivity contribution < 1.29 is 9.53 Å². The molecule has 1 aliphatic heterocycles. The number of benzene rings is 1. The zero-order chi connectivity index (χ0) is 13.1. The molecule has 0 saturated carbocycles. The Morgan fingerprint density at radius 1 is 1.61 bits per heavy atom. The quantitative estimate of drug-likeness (QED) is 0.825. The van der Waals surface area contributed by atoms with Gasteiger partial charge in [-0.3, -0.25) is 4.79 Å². The van der Waals surface area contributed by atoms with Crippen LogP contribution in [0.2, 0.25) is 0 Å². The summed E-state index contributed by atoms with van der Waals surface area (Å²) in [4.78, 5) is 13.3. The van der Waals surface area contributed by atoms with Gasteiger partial charge in [0.15, 0.2) is 0 Å². The highest BCUT2D eigenvalue weighted by atomic mass is 16.5. The van der Waals surface area contributed by atoms with Crippen molar-refractivity contribution in [3.63, 3.8) is 0 Å². The number of anilines is 1. The summed E-state index contributed by atoms with van der Waals surface area (Å²) < 4.78 is 5.28. The zero-order valence-corrected chi connectivity index (χ0v) is 10.2. The number of nitrogens with zero attached hydrogens (tertiary/aromatic N) is 2. The molecular formula is C13H15N3O2. The van der Waals surface area contributed by atoms with Crippen LogP contribution in [0.3, 0.4) is 0 Å². The number of nitriles is 1. The topological polar surface area (TPSA) is 79.3 Å². The van der Waals surface area contributed by atoms with Gasteiger partial charge in [-0.05, 0) is 30.7 Å². The molecule has 0 aliphatic carbocycles. The van der Waals surface area contributed by atoms with Crippen LogP contribution >= 0.6 is 0 Å². The van der Waals surface area contributed by atoms with Gasteiger partial charge in [-0.1, -0.05) is 0 Å². The molecule has 1 amide bonds. The second kappa shape index (κ2) is 5.07. The zero-order valence-electron chi connectivity index (χ0n) is 10.2. The third-order valence-corrected chi connectivity index (χ3v) is 3.12. The maximum Gasteiger partial charge on any atom is 0.242 e. The minimum absolute atomic E-state index is 0.314. The van der Waals surface area contributed by atoms with E-state index in [1.807, 2.05) is 24.0 Å². The maximum absolute atomic E-state index is 11.4. The molecule has 1 unspecified atom stereocenters. The van der Waals surface area contributed by atoms with Gasteiger partial charge in [-0.25, -0.2) is 0 Å². The number of primary amides is 1. The van der Waals surface area contributed by atoms with Crippen molar-refractivity contribution in [2.24, 2.45) is 5.73 Å². The lowest BCUT2D eigenvalue weighted by molar-refractivity contribution is -0.121. The SMILES string of the molecule is Cc1cc(N2CCOCC2C(N)=O)ccc1C#N. The number of carbonyl (C=O) groups excluding carboxylic acids is 1. The first-order chi connectivity index (χ1) is 8.63. The summed E-state index contributed by atoms with van der Waals surface area (Å²) in [7, 11) is 0. The molecule has 1 aromatic rings. The van der Waals surface area contributed by atoms with Crippen LogP contribution in [0.4, 0.5) is 5.69 Å². The molecule has 0 spiro atoms. The third kappa shape index (κ3) is 2.29. The average molecular weight is 245 g/mol. The number of morpholine rings is 1. The monoisotopic (exact) mass is 245 g/mol. The fraction of sp³-hybridized carbons (Fsp3) is 0.385. The van der Waals surface area contributed by atoms with Crippen LogP contribution in [0, 0.1) is 18.3 Å². The molecule has 1 aromatic carbocycles. The summed E-state index contributed by atoms with van der Waals surface area (Å²) in [5, 5.41) is 8.90. The van der Waals surface area contributed by atoms with Gasteiger partial charge in [-0.2, -0.15) is 5.26 Å². The summed E-state index contributed by atoms with van der Waals surface area (Å²) in [6.45, 7) is 3.39. The Balaban J connectivity index is 2.32. The lowest BCUT2D eigenvalue weighted by Gasteiger charge is -2.35. The maximum atomic E-state index is 11.4. The second-order valence-electron chi connectivity index (χ2n) is 4.30. The van der Waals surface area contributed by atoms with Crippen LogP contribution in [0.5, 0.6) is 0 Å². The Morgan fingerprint density at radius 2 is 2.39 bits per heavy atom. The predicted octanol–water partition coefficient (Wildman–Crippen LogP) is 0.557. The Kier molecular flexibility index (Phi) is 3.49. The summed E-state index contributed by atoms with van der Waals surface area (Å²) >= 11 is 0. The fourth-order valence-corrected chi connectivity index (χ4v) is 2.10. The standard InChI is InChI=1S/C13H15N3O2/c1-9-6-11(3-2-10(9)7-14)16-4-5-18-8-12(16)13(15)17/h2-3,6,12H,4-5,8H2,1H3,(H2,15,17). The molecule has 1 heterocycles. The molecule has 2 rings (SSSR count). The van der Waals surface area contributed by atoms with E-state index in [1.54, 1.807) is 6.07 Å². The van der Waals surface area contributed by atoms with Crippen molar-refractivity contribution in [1.29, 1.82) is 5.26 Å². The first-order valence-electron chi connectivity index (χ1n) is 5.78. The molecule has 1 aliphatic rings. The van der Waals surface area contributed by atoms with E-state index in [1.165, 1.54) is 0 Å². The van der Waals surface area contributed by atoms with E-state index in [4.69, 9.17) is 15.7 Å². The molecule has 5 heteroatoms. The van der Waals surface area contributed by atoms with Crippen molar-refractivity contribution in [3.8, 4) is 6.07 Å². The van der Waals surface area contributed by atoms with Crippen molar-refractivity contribution in [2.45, 2.75) is 13.0 Å². The number of hydrogen-bond donors (Lipinski definition) is 1. The van der Waals surface area contributed by atoms with Gasteiger partial charge in [0.05, 0.1) is 24.8 Å². The highest BCUT2D eigenvalue weighted by Crippen LogP contribution is 2.22. The molecule has 5 nitrogen and oxygen atoms in total. The minimum Gasteiger partial charge on any atom is -0.377 e. The largest absolute Gasteiger partial charge is 0.377 e. The fourth-order valence-electron chi connectivity index (χ4n) is 2.10. The van der Waals surface area contributed by atoms with Gasteiger partial charge in [0.2, 0.25) is 5.91 Å². The molecule has 1 atom stereocenters. The highest BCUT2D eigenvalue weighted by molar-refractivity contribution is 5.84. The lowest BCUT2D eigenvalue weighted by atomic mass is 10.1. The normalized spacial score (nSPS) is 19.3. The first kappa shape index (κ1) is 12.4. The van der Waals surface area contributed by atoms with E-state index >= 15 is 0 Å². The van der Waals surface area contributed by atoms with Crippen LogP contribution in [0.25, 0.3) is 0 Å². The van der Waals surface area contributed by atoms with Crippen LogP contribution in [-0.2, 0) is 9.53 Å². The van der Waals surface area contributed by atoms with E-state index in [2.05, 4.69) is 6.07 Å². The van der Waals surface area contributed by atoms with Gasteiger partial charge in [0, 0.05) is 12.2 Å². The molecule has 18 heavy (non-hydrogen) atoms. The summed E-state index contributed by atoms with van der Waals surface area (Å²) in [6.07, 6.45) is 0. The van der Waals surface area contributed by atoms with Gasteiger partial charge < -0.3 is 15.4 Å². The van der Waals surface area contributed by atoms with Crippen molar-refractivity contribution in [2.75, 3.05) is 24.7 Å². The van der Waals surface area contributed by atoms with Gasteiger partial charge in [0.25, 0.3) is 0 Å². The number of aryl methyl sites for hydroxylation is 1. The van der Waals surface area contributed by atoms with E-state index in [-0.39, 0.29) is 0 Å². The molecule has 94 valence electrons. The Bertz CT molecular complexity index is 507. The van der Waals surface area contributed by atoms with Gasteiger partial charge >= 0.3 is 0 Å². The van der Waals surface area contributed by atoms with E-state index in [0.717, 1.165) is 11.3 Å². The average Bonchev–Trinajstić information content (AvgIpc) is 2.38. The number of nitrogens with two attached hydrogens (primary N) is 1. The number of hydrogen-bond acceptors (Lipinski definition) is 4. The van der Waals surface area contributed by atoms with Crippen molar-refractivity contribution in [1.82, 2.24) is 0 Å². The van der Waals surface area contributed by atoms with E-state index in [0.29, 0.717) is 25.3 Å². The van der Waals surface area contributed by atoms with E-state index < -0.39 is 11.9 Å². The first-order valence-corrected chi connectivity index (χ1v) is 5.78. The molecule has 1 fully saturated rings. The molecule has 0 radical (unpaired) electrons. The van der Waals surface area contributed by atoms with Crippen LogP contribution in [0.15, 0.2) is 18.2 Å². The van der Waals surface area contributed by atoms with Crippen LogP contribution < -0.4 is 10.6 Å². The second-order valence-corrected chi connectivity index (χ2v) is 4.30. The summed E-state index contributed by atoms with van der Waals surface area (Å²) in [5.41, 5.74) is 7.81. The smallest absolute Gasteiger partial charge is 0.242 e. The van der Waals surface area contributed by atoms with Crippen molar-refractivity contribution >= 4 is 11.6 Å². The predicted molar refractivity (Wildman–Crippen MR) is 67.0 cm³/mol. The number of rotatable bonds is 2. The Hall–Kier alpha value is -2.06. The Labute approximate surface area is 106 Å². The third-order valence-electron chi connectivity index (χ3n) is 3.12. The molecular weight excluding hydrogens is 230 g/mol. The lowest BCUT2D eigenvalue weighted by Crippen LogP contribution is -2.52. The summed E-state index contributed by atoms with van der Waals surface area (Å²) in [6, 6.07) is 7.19. The van der Waals surface area contributed by atoms with Crippen LogP contribution in [-0.4, -0.2) is 31.7 Å². The highest BCUT2D eigenvalue weighted by Gasteiger charge is 2.27. The Morgan fingerprint density at radius 3 is 3.00 bits per heavy atom. The van der Waals surface area contributed by atoms with E-state index in [9.17, 15) is 4.79 Å². The molecule has 0 aromatic heterocycles. The number of carbonyl (C=O) groups is 1. The minimum atomic E-state index is -0.439. The van der Waals surface area contributed by atoms with Gasteiger partial charge in [-0.15, -0.1) is 0 Å². The number of ether oxygens (including phenoxy) is 1. The van der Waals surface area contributed by atoms with Gasteiger partial charge in [0.1, 0.15) is 6.04 Å². The number of amides is 1. The molecule has 1 saturated heterocycles. The van der Waals surface area contributed by atoms with Crippen LogP contribution in [0.1, 0.15) is 11.1 Å². The molecule has 2 N–H and O–H groups in total.